The summed E-state index contributed by atoms with van der Waals surface area (Å²) in [5, 5.41) is 2.68. The van der Waals surface area contributed by atoms with Gasteiger partial charge in [0.05, 0.1) is 24.2 Å². The van der Waals surface area contributed by atoms with Gasteiger partial charge in [-0.15, -0.1) is 0 Å². The number of aromatic nitrogens is 2. The van der Waals surface area contributed by atoms with E-state index in [2.05, 4.69) is 44.7 Å². The van der Waals surface area contributed by atoms with Crippen molar-refractivity contribution in [3.8, 4) is 11.8 Å². The van der Waals surface area contributed by atoms with Gasteiger partial charge in [0.15, 0.2) is 0 Å². The zero-order chi connectivity index (χ0) is 24.2. The zero-order valence-corrected chi connectivity index (χ0v) is 21.5. The first kappa shape index (κ1) is 24.1. The Bertz CT molecular complexity index is 1260. The predicted molar refractivity (Wildman–Crippen MR) is 139 cm³/mol. The van der Waals surface area contributed by atoms with Gasteiger partial charge in [-0.2, -0.15) is 0 Å². The van der Waals surface area contributed by atoms with Crippen molar-refractivity contribution in [2.24, 2.45) is 5.92 Å². The Morgan fingerprint density at radius 3 is 2.59 bits per heavy atom. The Balaban J connectivity index is 1.56. The third-order valence-electron chi connectivity index (χ3n) is 5.94. The Labute approximate surface area is 212 Å². The zero-order valence-electron chi connectivity index (χ0n) is 19.4. The molecule has 2 amide bonds. The lowest BCUT2D eigenvalue weighted by Gasteiger charge is -2.29. The van der Waals surface area contributed by atoms with Crippen molar-refractivity contribution < 1.29 is 14.3 Å². The molecule has 2 N–H and O–H groups in total. The lowest BCUT2D eigenvalue weighted by Crippen LogP contribution is -2.51. The van der Waals surface area contributed by atoms with E-state index in [9.17, 15) is 9.59 Å². The molecule has 0 bridgehead atoms. The van der Waals surface area contributed by atoms with Crippen LogP contribution in [0.3, 0.4) is 0 Å². The van der Waals surface area contributed by atoms with Crippen LogP contribution in [0, 0.1) is 21.3 Å². The standard InChI is InChI=1S/C26H27IN4O3/c1-16(2)23(30-26(33)34-3)25(32)31-14-4-5-22(31)24-28-20-13-10-18(15-21(20)29-24)7-6-17-8-11-19(27)12-9-17/h8-13,15-16,22-23H,4-5,14H2,1-3H3,(H,28,29)(H,30,33)/t22-,23-/m0/s1. The summed E-state index contributed by atoms with van der Waals surface area (Å²) in [6, 6.07) is 13.2. The summed E-state index contributed by atoms with van der Waals surface area (Å²) in [6.45, 7) is 4.44. The molecule has 0 radical (unpaired) electrons. The number of aromatic amines is 1. The highest BCUT2D eigenvalue weighted by Gasteiger charge is 2.37. The molecule has 0 spiro atoms. The molecule has 0 saturated carbocycles. The number of nitrogens with one attached hydrogen (secondary N) is 2. The van der Waals surface area contributed by atoms with Crippen LogP contribution in [0.2, 0.25) is 0 Å². The molecule has 34 heavy (non-hydrogen) atoms. The fourth-order valence-electron chi connectivity index (χ4n) is 4.14. The van der Waals surface area contributed by atoms with E-state index in [0.717, 1.165) is 40.8 Å². The first-order valence-corrected chi connectivity index (χ1v) is 12.4. The molecule has 2 atom stereocenters. The van der Waals surface area contributed by atoms with E-state index in [-0.39, 0.29) is 17.9 Å². The Kier molecular flexibility index (Phi) is 7.41. The van der Waals surface area contributed by atoms with Gasteiger partial charge in [0.25, 0.3) is 0 Å². The summed E-state index contributed by atoms with van der Waals surface area (Å²) in [5.41, 5.74) is 3.58. The van der Waals surface area contributed by atoms with Crippen LogP contribution >= 0.6 is 22.6 Å². The number of benzene rings is 2. The molecule has 2 aromatic carbocycles. The van der Waals surface area contributed by atoms with Gasteiger partial charge < -0.3 is 19.9 Å². The minimum atomic E-state index is -0.652. The molecule has 4 rings (SSSR count). The smallest absolute Gasteiger partial charge is 0.407 e. The van der Waals surface area contributed by atoms with Gasteiger partial charge in [-0.05, 0) is 83.8 Å². The molecule has 2 heterocycles. The second-order valence-electron chi connectivity index (χ2n) is 8.66. The van der Waals surface area contributed by atoms with Crippen LogP contribution in [0.1, 0.15) is 49.7 Å². The Morgan fingerprint density at radius 1 is 1.18 bits per heavy atom. The molecule has 7 nitrogen and oxygen atoms in total. The van der Waals surface area contributed by atoms with Crippen molar-refractivity contribution in [2.75, 3.05) is 13.7 Å². The minimum Gasteiger partial charge on any atom is -0.453 e. The van der Waals surface area contributed by atoms with Crippen molar-refractivity contribution in [1.82, 2.24) is 20.2 Å². The summed E-state index contributed by atoms with van der Waals surface area (Å²) in [4.78, 5) is 35.1. The second-order valence-corrected chi connectivity index (χ2v) is 9.90. The van der Waals surface area contributed by atoms with E-state index in [4.69, 9.17) is 9.72 Å². The summed E-state index contributed by atoms with van der Waals surface area (Å²) >= 11 is 2.27. The minimum absolute atomic E-state index is 0.0715. The predicted octanol–water partition coefficient (Wildman–Crippen LogP) is 4.61. The molecule has 3 aromatic rings. The highest BCUT2D eigenvalue weighted by Crippen LogP contribution is 2.32. The topological polar surface area (TPSA) is 87.3 Å². The number of alkyl carbamates (subject to hydrolysis) is 1. The SMILES string of the molecule is COC(=O)N[C@H](C(=O)N1CCC[C@H]1c1nc2ccc(C#Cc3ccc(I)cc3)cc2[nH]1)C(C)C. The van der Waals surface area contributed by atoms with E-state index in [1.165, 1.54) is 10.7 Å². The molecule has 8 heteroatoms. The number of hydrogen-bond acceptors (Lipinski definition) is 4. The number of carbonyl (C=O) groups is 2. The lowest BCUT2D eigenvalue weighted by molar-refractivity contribution is -0.135. The molecule has 0 unspecified atom stereocenters. The monoisotopic (exact) mass is 570 g/mol. The van der Waals surface area contributed by atoms with Crippen LogP contribution in [-0.2, 0) is 9.53 Å². The van der Waals surface area contributed by atoms with Gasteiger partial charge in [0, 0.05) is 21.2 Å². The number of amides is 2. The third kappa shape index (κ3) is 5.36. The van der Waals surface area contributed by atoms with Crippen molar-refractivity contribution in [3.63, 3.8) is 0 Å². The summed E-state index contributed by atoms with van der Waals surface area (Å²) in [6.07, 6.45) is 1.09. The first-order valence-electron chi connectivity index (χ1n) is 11.3. The number of halogens is 1. The number of fused-ring (bicyclic) bond motifs is 1. The van der Waals surface area contributed by atoms with Crippen molar-refractivity contribution in [3.05, 3.63) is 63.0 Å². The van der Waals surface area contributed by atoms with Crippen molar-refractivity contribution in [2.45, 2.75) is 38.8 Å². The maximum Gasteiger partial charge on any atom is 0.407 e. The lowest BCUT2D eigenvalue weighted by atomic mass is 10.0. The average Bonchev–Trinajstić information content (AvgIpc) is 3.48. The molecule has 1 saturated heterocycles. The molecular formula is C26H27IN4O3. The number of carbonyl (C=O) groups excluding carboxylic acids is 2. The van der Waals surface area contributed by atoms with Gasteiger partial charge >= 0.3 is 6.09 Å². The number of imidazole rings is 1. The highest BCUT2D eigenvalue weighted by molar-refractivity contribution is 14.1. The Morgan fingerprint density at radius 2 is 1.88 bits per heavy atom. The van der Waals surface area contributed by atoms with Crippen LogP contribution in [-0.4, -0.2) is 46.6 Å². The van der Waals surface area contributed by atoms with E-state index < -0.39 is 12.1 Å². The maximum absolute atomic E-state index is 13.3. The van der Waals surface area contributed by atoms with Crippen LogP contribution in [0.5, 0.6) is 0 Å². The van der Waals surface area contributed by atoms with Gasteiger partial charge in [-0.25, -0.2) is 9.78 Å². The second kappa shape index (κ2) is 10.5. The third-order valence-corrected chi connectivity index (χ3v) is 6.66. The quantitative estimate of drug-likeness (QED) is 0.355. The van der Waals surface area contributed by atoms with Gasteiger partial charge in [-0.3, -0.25) is 4.79 Å². The molecule has 1 aliphatic heterocycles. The molecule has 1 fully saturated rings. The molecule has 176 valence electrons. The average molecular weight is 570 g/mol. The number of H-pyrrole nitrogens is 1. The molecular weight excluding hydrogens is 543 g/mol. The van der Waals surface area contributed by atoms with Crippen molar-refractivity contribution in [1.29, 1.82) is 0 Å². The first-order chi connectivity index (χ1) is 16.4. The summed E-state index contributed by atoms with van der Waals surface area (Å²) in [5.74, 6) is 6.97. The highest BCUT2D eigenvalue weighted by atomic mass is 127. The largest absolute Gasteiger partial charge is 0.453 e. The normalized spacial score (nSPS) is 16.3. The fourth-order valence-corrected chi connectivity index (χ4v) is 4.49. The van der Waals surface area contributed by atoms with Crippen LogP contribution in [0.4, 0.5) is 4.79 Å². The van der Waals surface area contributed by atoms with E-state index >= 15 is 0 Å². The van der Waals surface area contributed by atoms with Crippen LogP contribution in [0.15, 0.2) is 42.5 Å². The molecule has 0 aliphatic carbocycles. The van der Waals surface area contributed by atoms with E-state index in [1.54, 1.807) is 0 Å². The van der Waals surface area contributed by atoms with Crippen molar-refractivity contribution >= 4 is 45.6 Å². The number of likely N-dealkylation sites (tertiary alicyclic amines) is 1. The summed E-state index contributed by atoms with van der Waals surface area (Å²) < 4.78 is 5.88. The molecule has 1 aliphatic rings. The van der Waals surface area contributed by atoms with Gasteiger partial charge in [-0.1, -0.05) is 25.7 Å². The number of nitrogens with zero attached hydrogens (tertiary/aromatic N) is 2. The van der Waals surface area contributed by atoms with Gasteiger partial charge in [0.2, 0.25) is 5.91 Å². The van der Waals surface area contributed by atoms with Crippen LogP contribution < -0.4 is 5.32 Å². The molecule has 1 aromatic heterocycles. The van der Waals surface area contributed by atoms with E-state index in [0.29, 0.717) is 6.54 Å². The number of rotatable bonds is 4. The maximum atomic E-state index is 13.3. The Hall–Kier alpha value is -3.06. The van der Waals surface area contributed by atoms with E-state index in [1.807, 2.05) is 61.2 Å². The summed E-state index contributed by atoms with van der Waals surface area (Å²) in [7, 11) is 1.30. The van der Waals surface area contributed by atoms with Crippen LogP contribution in [0.25, 0.3) is 11.0 Å². The number of methoxy groups -OCH3 is 1. The number of ether oxygens (including phenoxy) is 1. The van der Waals surface area contributed by atoms with Gasteiger partial charge in [0.1, 0.15) is 11.9 Å². The number of hydrogen-bond donors (Lipinski definition) is 2. The fraction of sp³-hybridized carbons (Fsp3) is 0.346.